The fourth-order valence-corrected chi connectivity index (χ4v) is 6.67. The number of methoxy groups -OCH3 is 1. The van der Waals surface area contributed by atoms with E-state index >= 15 is 0 Å². The van der Waals surface area contributed by atoms with Gasteiger partial charge in [-0.1, -0.05) is 6.42 Å². The van der Waals surface area contributed by atoms with Crippen LogP contribution in [0.3, 0.4) is 0 Å². The van der Waals surface area contributed by atoms with Gasteiger partial charge in [0.25, 0.3) is 5.91 Å². The van der Waals surface area contributed by atoms with Crippen LogP contribution in [0.25, 0.3) is 16.8 Å². The lowest BCUT2D eigenvalue weighted by Crippen LogP contribution is -2.40. The second-order valence-corrected chi connectivity index (χ2v) is 11.1. The fourth-order valence-electron chi connectivity index (χ4n) is 6.67. The van der Waals surface area contributed by atoms with Gasteiger partial charge in [0.2, 0.25) is 0 Å². The highest BCUT2D eigenvalue weighted by atomic mass is 16.5. The maximum Gasteiger partial charge on any atom is 0.254 e. The molecule has 1 aliphatic carbocycles. The molecule has 3 aliphatic rings. The molecule has 2 aliphatic heterocycles. The van der Waals surface area contributed by atoms with Gasteiger partial charge in [-0.2, -0.15) is 5.10 Å². The van der Waals surface area contributed by atoms with Crippen LogP contribution >= 0.6 is 0 Å². The molecule has 1 aromatic carbocycles. The van der Waals surface area contributed by atoms with E-state index in [1.54, 1.807) is 7.11 Å². The molecule has 2 unspecified atom stereocenters. The standard InChI is InChI=1S/C30H38N4O2/c1-36-26-11-9-24(10-12-26)29-27(6-5-16-32-14-3-2-4-15-32)28-19-25(13-17-34(28)31-29)30(35)33-20-22-7-8-23(18-22)21-33/h9-13,17,19,22-23H,2-8,14-16,18,20-21H2,1H3. The maximum atomic E-state index is 13.5. The van der Waals surface area contributed by atoms with E-state index in [0.717, 1.165) is 60.6 Å². The number of hydrogen-bond acceptors (Lipinski definition) is 4. The number of carbonyl (C=O) groups is 1. The van der Waals surface area contributed by atoms with Crippen molar-refractivity contribution in [3.8, 4) is 17.0 Å². The van der Waals surface area contributed by atoms with Crippen molar-refractivity contribution in [2.24, 2.45) is 11.8 Å². The summed E-state index contributed by atoms with van der Waals surface area (Å²) in [5, 5.41) is 4.99. The lowest BCUT2D eigenvalue weighted by atomic mass is 9.98. The number of amides is 1. The number of nitrogens with zero attached hydrogens (tertiary/aromatic N) is 4. The summed E-state index contributed by atoms with van der Waals surface area (Å²) in [5.41, 5.74) is 5.20. The Kier molecular flexibility index (Phi) is 6.70. The molecule has 3 fully saturated rings. The summed E-state index contributed by atoms with van der Waals surface area (Å²) < 4.78 is 7.34. The molecule has 1 amide bonds. The molecule has 36 heavy (non-hydrogen) atoms. The Morgan fingerprint density at radius 1 is 1.03 bits per heavy atom. The van der Waals surface area contributed by atoms with Crippen LogP contribution in [0.1, 0.15) is 60.9 Å². The number of likely N-dealkylation sites (tertiary alicyclic amines) is 2. The molecule has 2 atom stereocenters. The fraction of sp³-hybridized carbons (Fsp3) is 0.533. The Balaban J connectivity index is 1.30. The summed E-state index contributed by atoms with van der Waals surface area (Å²) in [4.78, 5) is 18.2. The van der Waals surface area contributed by atoms with Crippen LogP contribution in [0.15, 0.2) is 42.6 Å². The van der Waals surface area contributed by atoms with Crippen LogP contribution in [0.4, 0.5) is 0 Å². The first kappa shape index (κ1) is 23.5. The summed E-state index contributed by atoms with van der Waals surface area (Å²) in [6.45, 7) is 5.39. The first-order chi connectivity index (χ1) is 17.7. The van der Waals surface area contributed by atoms with Crippen LogP contribution in [0.2, 0.25) is 0 Å². The Hall–Kier alpha value is -2.86. The minimum atomic E-state index is 0.181. The average molecular weight is 487 g/mol. The van der Waals surface area contributed by atoms with Crippen molar-refractivity contribution in [3.63, 3.8) is 0 Å². The molecule has 2 aromatic heterocycles. The van der Waals surface area contributed by atoms with E-state index in [0.29, 0.717) is 11.8 Å². The molecule has 0 radical (unpaired) electrons. The van der Waals surface area contributed by atoms with E-state index in [4.69, 9.17) is 9.84 Å². The highest BCUT2D eigenvalue weighted by Crippen LogP contribution is 2.37. The predicted molar refractivity (Wildman–Crippen MR) is 143 cm³/mol. The van der Waals surface area contributed by atoms with Crippen molar-refractivity contribution in [2.75, 3.05) is 39.8 Å². The summed E-state index contributed by atoms with van der Waals surface area (Å²) in [5.74, 6) is 2.41. The second-order valence-electron chi connectivity index (χ2n) is 11.1. The van der Waals surface area contributed by atoms with Crippen molar-refractivity contribution < 1.29 is 9.53 Å². The van der Waals surface area contributed by atoms with Crippen LogP contribution in [0.5, 0.6) is 5.75 Å². The number of fused-ring (bicyclic) bond motifs is 3. The highest BCUT2D eigenvalue weighted by molar-refractivity contribution is 5.96. The number of carbonyl (C=O) groups excluding carboxylic acids is 1. The van der Waals surface area contributed by atoms with Gasteiger partial charge in [0.15, 0.2) is 0 Å². The maximum absolute atomic E-state index is 13.5. The zero-order valence-electron chi connectivity index (χ0n) is 21.5. The van der Waals surface area contributed by atoms with Gasteiger partial charge >= 0.3 is 0 Å². The first-order valence-corrected chi connectivity index (χ1v) is 13.9. The van der Waals surface area contributed by atoms with Gasteiger partial charge in [-0.05, 0) is 113 Å². The molecule has 190 valence electrons. The van der Waals surface area contributed by atoms with E-state index in [-0.39, 0.29) is 5.91 Å². The largest absolute Gasteiger partial charge is 0.497 e. The SMILES string of the molecule is COc1ccc(-c2nn3ccc(C(=O)N4CC5CCC(C5)C4)cc3c2CCCN2CCCCC2)cc1. The molecule has 6 nitrogen and oxygen atoms in total. The smallest absolute Gasteiger partial charge is 0.254 e. The van der Waals surface area contributed by atoms with Crippen LogP contribution in [-0.4, -0.2) is 65.2 Å². The quantitative estimate of drug-likeness (QED) is 0.455. The number of hydrogen-bond donors (Lipinski definition) is 0. The monoisotopic (exact) mass is 486 g/mol. The van der Waals surface area contributed by atoms with E-state index in [2.05, 4.69) is 28.0 Å². The molecule has 1 saturated carbocycles. The highest BCUT2D eigenvalue weighted by Gasteiger charge is 2.35. The van der Waals surface area contributed by atoms with Crippen molar-refractivity contribution in [1.82, 2.24) is 19.4 Å². The van der Waals surface area contributed by atoms with Crippen molar-refractivity contribution in [3.05, 3.63) is 53.7 Å². The zero-order chi connectivity index (χ0) is 24.5. The summed E-state index contributed by atoms with van der Waals surface area (Å²) >= 11 is 0. The van der Waals surface area contributed by atoms with Crippen molar-refractivity contribution in [1.29, 1.82) is 0 Å². The lowest BCUT2D eigenvalue weighted by Gasteiger charge is -2.31. The molecule has 2 saturated heterocycles. The van der Waals surface area contributed by atoms with E-state index in [9.17, 15) is 4.79 Å². The van der Waals surface area contributed by atoms with Gasteiger partial charge in [0.1, 0.15) is 5.75 Å². The third-order valence-electron chi connectivity index (χ3n) is 8.59. The molecular weight excluding hydrogens is 448 g/mol. The molecule has 6 heteroatoms. The first-order valence-electron chi connectivity index (χ1n) is 13.9. The number of aryl methyl sites for hydroxylation is 1. The van der Waals surface area contributed by atoms with Gasteiger partial charge in [-0.15, -0.1) is 0 Å². The van der Waals surface area contributed by atoms with Crippen molar-refractivity contribution in [2.45, 2.75) is 51.4 Å². The average Bonchev–Trinajstić information content (AvgIpc) is 3.47. The summed E-state index contributed by atoms with van der Waals surface area (Å²) in [7, 11) is 1.69. The third kappa shape index (κ3) is 4.75. The number of pyridine rings is 1. The third-order valence-corrected chi connectivity index (χ3v) is 8.59. The number of rotatable bonds is 7. The Morgan fingerprint density at radius 3 is 2.50 bits per heavy atom. The Morgan fingerprint density at radius 2 is 1.78 bits per heavy atom. The summed E-state index contributed by atoms with van der Waals surface area (Å²) in [6, 6.07) is 12.2. The minimum Gasteiger partial charge on any atom is -0.497 e. The minimum absolute atomic E-state index is 0.181. The molecule has 6 rings (SSSR count). The number of aromatic nitrogens is 2. The molecule has 3 aromatic rings. The summed E-state index contributed by atoms with van der Waals surface area (Å²) in [6.07, 6.45) is 11.9. The normalized spacial score (nSPS) is 22.3. The molecule has 0 N–H and O–H groups in total. The molecular formula is C30H38N4O2. The van der Waals surface area contributed by atoms with Crippen LogP contribution < -0.4 is 4.74 Å². The Labute approximate surface area is 214 Å². The second kappa shape index (κ2) is 10.3. The van der Waals surface area contributed by atoms with E-state index in [1.807, 2.05) is 28.9 Å². The van der Waals surface area contributed by atoms with Gasteiger partial charge in [0, 0.05) is 36.0 Å². The Bertz CT molecular complexity index is 1200. The van der Waals surface area contributed by atoms with Gasteiger partial charge in [-0.3, -0.25) is 4.79 Å². The van der Waals surface area contributed by atoms with E-state index < -0.39 is 0 Å². The zero-order valence-corrected chi connectivity index (χ0v) is 21.5. The number of ether oxygens (including phenoxy) is 1. The van der Waals surface area contributed by atoms with Gasteiger partial charge in [-0.25, -0.2) is 4.52 Å². The van der Waals surface area contributed by atoms with Crippen LogP contribution in [0, 0.1) is 11.8 Å². The predicted octanol–water partition coefficient (Wildman–Crippen LogP) is 5.30. The molecule has 0 spiro atoms. The number of benzene rings is 1. The molecule has 2 bridgehead atoms. The van der Waals surface area contributed by atoms with E-state index in [1.165, 1.54) is 57.2 Å². The van der Waals surface area contributed by atoms with Gasteiger partial charge < -0.3 is 14.5 Å². The lowest BCUT2D eigenvalue weighted by molar-refractivity contribution is 0.0662. The van der Waals surface area contributed by atoms with Gasteiger partial charge in [0.05, 0.1) is 18.3 Å². The number of piperidine rings is 2. The molecule has 4 heterocycles. The topological polar surface area (TPSA) is 50.1 Å². The van der Waals surface area contributed by atoms with Crippen molar-refractivity contribution >= 4 is 11.4 Å². The van der Waals surface area contributed by atoms with Crippen LogP contribution in [-0.2, 0) is 6.42 Å².